The summed E-state index contributed by atoms with van der Waals surface area (Å²) < 4.78 is 23.7. The largest absolute Gasteiger partial charge is 0.443 e. The van der Waals surface area contributed by atoms with Crippen molar-refractivity contribution < 1.29 is 28.5 Å². The van der Waals surface area contributed by atoms with Gasteiger partial charge >= 0.3 is 6.09 Å². The fraction of sp³-hybridized carbons (Fsp3) is 0.909. The summed E-state index contributed by atoms with van der Waals surface area (Å²) in [6, 6.07) is -0.777. The van der Waals surface area contributed by atoms with E-state index in [1.54, 1.807) is 7.11 Å². The number of nitrogens with one attached hydrogen (secondary N) is 1. The molecule has 0 bridgehead atoms. The zero-order valence-corrected chi connectivity index (χ0v) is 19.1. The highest BCUT2D eigenvalue weighted by Crippen LogP contribution is 2.59. The van der Waals surface area contributed by atoms with Crippen molar-refractivity contribution in [2.75, 3.05) is 13.7 Å². The molecule has 172 valence electrons. The summed E-state index contributed by atoms with van der Waals surface area (Å²) in [5.74, 6) is -0.108. The van der Waals surface area contributed by atoms with E-state index in [0.29, 0.717) is 18.9 Å². The van der Waals surface area contributed by atoms with Gasteiger partial charge in [0, 0.05) is 7.11 Å². The maximum absolute atomic E-state index is 12.5. The van der Waals surface area contributed by atoms with Gasteiger partial charge in [-0.1, -0.05) is 27.7 Å². The Balaban J connectivity index is 1.69. The van der Waals surface area contributed by atoms with Gasteiger partial charge in [0.15, 0.2) is 0 Å². The lowest BCUT2D eigenvalue weighted by molar-refractivity contribution is -0.123. The number of alkyl carbamates (subject to hydrolysis) is 1. The normalized spacial score (nSPS) is 38.5. The van der Waals surface area contributed by atoms with E-state index in [0.717, 1.165) is 19.3 Å². The summed E-state index contributed by atoms with van der Waals surface area (Å²) >= 11 is 0. The van der Waals surface area contributed by atoms with Gasteiger partial charge in [-0.2, -0.15) is 0 Å². The third-order valence-corrected chi connectivity index (χ3v) is 7.01. The van der Waals surface area contributed by atoms with Gasteiger partial charge in [0.25, 0.3) is 0 Å². The van der Waals surface area contributed by atoms with Crippen LogP contribution in [-0.4, -0.2) is 61.3 Å². The van der Waals surface area contributed by atoms with Gasteiger partial charge in [-0.25, -0.2) is 4.79 Å². The van der Waals surface area contributed by atoms with Crippen LogP contribution in [0.5, 0.6) is 0 Å². The van der Waals surface area contributed by atoms with E-state index in [1.807, 2.05) is 13.8 Å². The third kappa shape index (κ3) is 4.60. The van der Waals surface area contributed by atoms with Crippen molar-refractivity contribution in [3.63, 3.8) is 0 Å². The van der Waals surface area contributed by atoms with Crippen molar-refractivity contribution >= 4 is 12.0 Å². The molecule has 8 nitrogen and oxygen atoms in total. The summed E-state index contributed by atoms with van der Waals surface area (Å²) in [5, 5.41) is 2.60. The minimum Gasteiger partial charge on any atom is -0.443 e. The van der Waals surface area contributed by atoms with E-state index in [1.165, 1.54) is 0 Å². The molecule has 0 radical (unpaired) electrons. The molecule has 2 heterocycles. The fourth-order valence-electron chi connectivity index (χ4n) is 5.14. The quantitative estimate of drug-likeness (QED) is 0.547. The Morgan fingerprint density at radius 3 is 2.43 bits per heavy atom. The molecule has 3 aliphatic rings. The van der Waals surface area contributed by atoms with Crippen molar-refractivity contribution in [3.05, 3.63) is 0 Å². The first-order valence-corrected chi connectivity index (χ1v) is 11.1. The number of primary amides is 1. The maximum Gasteiger partial charge on any atom is 0.408 e. The van der Waals surface area contributed by atoms with Crippen LogP contribution in [0.25, 0.3) is 0 Å². The van der Waals surface area contributed by atoms with Gasteiger partial charge in [0.05, 0.1) is 18.6 Å². The lowest BCUT2D eigenvalue weighted by Crippen LogP contribution is -2.57. The molecule has 8 heteroatoms. The van der Waals surface area contributed by atoms with Crippen LogP contribution in [0.15, 0.2) is 0 Å². The van der Waals surface area contributed by atoms with Crippen LogP contribution in [0.3, 0.4) is 0 Å². The standard InChI is InChI=1S/C22H38N2O6/c1-12(2)7-8-15-21(5,30-15)18-17(27-6)14(9-10-22(18)11-28-22)29-20(26)24-16(13(3)4)19(23)25/h12-18H,7-11H2,1-6H3,(H2,23,25)(H,24,26)/t14-,15-,16-,17-,18-,21+,22+/m1/s1. The molecule has 3 rings (SSSR count). The van der Waals surface area contributed by atoms with Gasteiger partial charge < -0.3 is 30.0 Å². The minimum absolute atomic E-state index is 0.0178. The number of rotatable bonds is 9. The first-order valence-electron chi connectivity index (χ1n) is 11.1. The second kappa shape index (κ2) is 8.63. The van der Waals surface area contributed by atoms with Gasteiger partial charge in [-0.15, -0.1) is 0 Å². The molecule has 0 aromatic rings. The number of amides is 2. The van der Waals surface area contributed by atoms with Crippen molar-refractivity contribution in [1.29, 1.82) is 0 Å². The Kier molecular flexibility index (Phi) is 6.70. The fourth-order valence-corrected chi connectivity index (χ4v) is 5.14. The lowest BCUT2D eigenvalue weighted by atomic mass is 9.68. The van der Waals surface area contributed by atoms with Gasteiger partial charge in [0.2, 0.25) is 5.91 Å². The molecule has 30 heavy (non-hydrogen) atoms. The average molecular weight is 427 g/mol. The van der Waals surface area contributed by atoms with E-state index in [-0.39, 0.29) is 35.2 Å². The van der Waals surface area contributed by atoms with Crippen molar-refractivity contribution in [1.82, 2.24) is 5.32 Å². The number of ether oxygens (including phenoxy) is 4. The molecule has 2 amide bonds. The third-order valence-electron chi connectivity index (χ3n) is 7.01. The van der Waals surface area contributed by atoms with E-state index < -0.39 is 24.1 Å². The summed E-state index contributed by atoms with van der Waals surface area (Å²) in [7, 11) is 1.64. The van der Waals surface area contributed by atoms with E-state index >= 15 is 0 Å². The molecule has 3 N–H and O–H groups in total. The van der Waals surface area contributed by atoms with Crippen LogP contribution in [-0.2, 0) is 23.7 Å². The molecule has 2 saturated heterocycles. The summed E-state index contributed by atoms with van der Waals surface area (Å²) in [6.07, 6.45) is 2.25. The molecule has 7 atom stereocenters. The summed E-state index contributed by atoms with van der Waals surface area (Å²) in [6.45, 7) is 10.9. The van der Waals surface area contributed by atoms with Crippen LogP contribution >= 0.6 is 0 Å². The number of epoxide rings is 2. The molecule has 1 spiro atoms. The van der Waals surface area contributed by atoms with Gasteiger partial charge in [-0.05, 0) is 44.4 Å². The van der Waals surface area contributed by atoms with Crippen LogP contribution in [0.1, 0.15) is 60.3 Å². The first-order chi connectivity index (χ1) is 14.0. The Labute approximate surface area is 179 Å². The smallest absolute Gasteiger partial charge is 0.408 e. The van der Waals surface area contributed by atoms with E-state index in [4.69, 9.17) is 24.7 Å². The molecular formula is C22H38N2O6. The maximum atomic E-state index is 12.5. The van der Waals surface area contributed by atoms with Crippen LogP contribution in [0, 0.1) is 17.8 Å². The Morgan fingerprint density at radius 2 is 1.93 bits per heavy atom. The molecular weight excluding hydrogens is 388 g/mol. The van der Waals surface area contributed by atoms with E-state index in [2.05, 4.69) is 26.1 Å². The number of hydrogen-bond acceptors (Lipinski definition) is 6. The van der Waals surface area contributed by atoms with E-state index in [9.17, 15) is 9.59 Å². The second-order valence-electron chi connectivity index (χ2n) is 10.0. The lowest BCUT2D eigenvalue weighted by Gasteiger charge is -2.42. The van der Waals surface area contributed by atoms with Gasteiger partial charge in [0.1, 0.15) is 29.5 Å². The van der Waals surface area contributed by atoms with Crippen molar-refractivity contribution in [2.24, 2.45) is 23.5 Å². The molecule has 2 aliphatic heterocycles. The van der Waals surface area contributed by atoms with Crippen LogP contribution in [0.2, 0.25) is 0 Å². The molecule has 0 aromatic carbocycles. The molecule has 1 saturated carbocycles. The highest BCUT2D eigenvalue weighted by atomic mass is 16.6. The number of methoxy groups -OCH3 is 1. The zero-order chi connectivity index (χ0) is 22.3. The highest BCUT2D eigenvalue weighted by Gasteiger charge is 2.72. The molecule has 3 fully saturated rings. The Hall–Kier alpha value is -1.38. The highest BCUT2D eigenvalue weighted by molar-refractivity contribution is 5.84. The summed E-state index contributed by atoms with van der Waals surface area (Å²) in [5.41, 5.74) is 4.79. The Bertz CT molecular complexity index is 650. The summed E-state index contributed by atoms with van der Waals surface area (Å²) in [4.78, 5) is 24.1. The number of carbonyl (C=O) groups excluding carboxylic acids is 2. The monoisotopic (exact) mass is 426 g/mol. The topological polar surface area (TPSA) is 116 Å². The minimum atomic E-state index is -0.777. The SMILES string of the molecule is CO[C@@H]1[C@H](OC(=O)N[C@@H](C(N)=O)C(C)C)CC[C@]2(CO2)[C@H]1[C@@]1(C)O[C@@H]1CCC(C)C. The van der Waals surface area contributed by atoms with Crippen molar-refractivity contribution in [2.45, 2.75) is 95.9 Å². The predicted molar refractivity (Wildman–Crippen MR) is 111 cm³/mol. The predicted octanol–water partition coefficient (Wildman–Crippen LogP) is 2.38. The molecule has 1 aliphatic carbocycles. The number of carbonyl (C=O) groups is 2. The Morgan fingerprint density at radius 1 is 1.27 bits per heavy atom. The zero-order valence-electron chi connectivity index (χ0n) is 19.1. The van der Waals surface area contributed by atoms with Gasteiger partial charge in [-0.3, -0.25) is 4.79 Å². The first kappa shape index (κ1) is 23.3. The number of nitrogens with two attached hydrogens (primary N) is 1. The van der Waals surface area contributed by atoms with Crippen LogP contribution < -0.4 is 11.1 Å². The molecule has 0 unspecified atom stereocenters. The average Bonchev–Trinajstić information content (AvgIpc) is 3.56. The second-order valence-corrected chi connectivity index (χ2v) is 10.0. The van der Waals surface area contributed by atoms with Crippen molar-refractivity contribution in [3.8, 4) is 0 Å². The number of hydrogen-bond donors (Lipinski definition) is 2. The van der Waals surface area contributed by atoms with Crippen LogP contribution in [0.4, 0.5) is 4.79 Å². The molecule has 0 aromatic heterocycles.